The topological polar surface area (TPSA) is 110 Å². The van der Waals surface area contributed by atoms with Gasteiger partial charge in [-0.15, -0.1) is 16.4 Å². The van der Waals surface area contributed by atoms with Gasteiger partial charge in [-0.2, -0.15) is 0 Å². The van der Waals surface area contributed by atoms with E-state index in [1.54, 1.807) is 16.9 Å². The lowest BCUT2D eigenvalue weighted by atomic mass is 10.2. The monoisotopic (exact) mass is 417 g/mol. The zero-order chi connectivity index (χ0) is 19.7. The molecule has 4 heterocycles. The molecule has 2 N–H and O–H groups in total. The molecule has 0 saturated carbocycles. The quantitative estimate of drug-likeness (QED) is 0.443. The van der Waals surface area contributed by atoms with E-state index in [1.807, 2.05) is 18.4 Å². The highest BCUT2D eigenvalue weighted by atomic mass is 32.2. The Hall–Kier alpha value is -2.59. The van der Waals surface area contributed by atoms with Crippen molar-refractivity contribution in [2.45, 2.75) is 43.6 Å². The summed E-state index contributed by atoms with van der Waals surface area (Å²) in [6.07, 6.45) is 3.46. The summed E-state index contributed by atoms with van der Waals surface area (Å²) in [5, 5.41) is 9.44. The van der Waals surface area contributed by atoms with Crippen LogP contribution in [0.2, 0.25) is 0 Å². The van der Waals surface area contributed by atoms with Gasteiger partial charge in [0.25, 0.3) is 5.56 Å². The molecule has 0 saturated heterocycles. The molecule has 0 aromatic carbocycles. The number of hydrogen-bond acceptors (Lipinski definition) is 7. The van der Waals surface area contributed by atoms with Crippen molar-refractivity contribution in [3.8, 4) is 11.3 Å². The molecule has 28 heavy (non-hydrogen) atoms. The molecule has 4 aromatic rings. The molecule has 4 rings (SSSR count). The summed E-state index contributed by atoms with van der Waals surface area (Å²) in [5.74, 6) is 1.19. The number of furan rings is 1. The van der Waals surface area contributed by atoms with Crippen LogP contribution >= 0.6 is 23.1 Å². The molecule has 4 aromatic heterocycles. The van der Waals surface area contributed by atoms with E-state index in [-0.39, 0.29) is 16.5 Å². The van der Waals surface area contributed by atoms with Gasteiger partial charge in [0.2, 0.25) is 0 Å². The molecular weight excluding hydrogens is 398 g/mol. The van der Waals surface area contributed by atoms with Crippen LogP contribution in [0, 0.1) is 0 Å². The maximum Gasteiger partial charge on any atom is 0.343 e. The van der Waals surface area contributed by atoms with Gasteiger partial charge in [-0.05, 0) is 25.5 Å². The Bertz CT molecular complexity index is 1200. The summed E-state index contributed by atoms with van der Waals surface area (Å²) < 4.78 is 7.05. The summed E-state index contributed by atoms with van der Waals surface area (Å²) in [4.78, 5) is 32.9. The van der Waals surface area contributed by atoms with Crippen LogP contribution in [0.5, 0.6) is 0 Å². The Morgan fingerprint density at radius 1 is 1.39 bits per heavy atom. The van der Waals surface area contributed by atoms with Crippen LogP contribution in [0.25, 0.3) is 21.5 Å². The number of aromatic amines is 2. The molecule has 0 aliphatic carbocycles. The van der Waals surface area contributed by atoms with Crippen LogP contribution in [0.15, 0.2) is 42.9 Å². The first kappa shape index (κ1) is 18.8. The second-order valence-electron chi connectivity index (χ2n) is 6.33. The lowest BCUT2D eigenvalue weighted by Crippen LogP contribution is -2.18. The highest BCUT2D eigenvalue weighted by Gasteiger charge is 2.20. The Labute approximate surface area is 168 Å². The number of nitrogens with zero attached hydrogens (tertiary/aromatic N) is 3. The standard InChI is InChI=1S/C18H19N5O3S2/c1-3-4-7-23-17(25)21-22-18(23)28-10(2)14-19-15(24)13-11(9-27-16(13)20-14)12-6-5-8-26-12/h5-6,8-10H,3-4,7H2,1-2H3,(H,21,25)(H,19,20,24). The molecule has 0 aliphatic heterocycles. The lowest BCUT2D eigenvalue weighted by molar-refractivity contribution is 0.572. The summed E-state index contributed by atoms with van der Waals surface area (Å²) in [7, 11) is 0. The fourth-order valence-corrected chi connectivity index (χ4v) is 4.77. The number of rotatable bonds is 7. The van der Waals surface area contributed by atoms with Crippen molar-refractivity contribution in [2.24, 2.45) is 0 Å². The number of unbranched alkanes of at least 4 members (excludes halogenated alkanes) is 1. The normalized spacial score (nSPS) is 12.6. The number of thiophene rings is 1. The van der Waals surface area contributed by atoms with Crippen molar-refractivity contribution in [1.29, 1.82) is 0 Å². The van der Waals surface area contributed by atoms with Crippen molar-refractivity contribution < 1.29 is 4.42 Å². The van der Waals surface area contributed by atoms with Crippen LogP contribution < -0.4 is 11.2 Å². The summed E-state index contributed by atoms with van der Waals surface area (Å²) in [6, 6.07) is 3.61. The minimum absolute atomic E-state index is 0.179. The van der Waals surface area contributed by atoms with E-state index in [4.69, 9.17) is 4.42 Å². The average molecular weight is 418 g/mol. The van der Waals surface area contributed by atoms with Crippen LogP contribution in [-0.2, 0) is 6.54 Å². The van der Waals surface area contributed by atoms with Gasteiger partial charge in [0.15, 0.2) is 5.16 Å². The van der Waals surface area contributed by atoms with Gasteiger partial charge in [-0.1, -0.05) is 25.1 Å². The van der Waals surface area contributed by atoms with E-state index in [2.05, 4.69) is 27.1 Å². The van der Waals surface area contributed by atoms with Crippen molar-refractivity contribution in [3.63, 3.8) is 0 Å². The van der Waals surface area contributed by atoms with E-state index < -0.39 is 0 Å². The summed E-state index contributed by atoms with van der Waals surface area (Å²) in [5.41, 5.74) is 0.318. The molecule has 0 spiro atoms. The SMILES string of the molecule is CCCCn1c(SC(C)c2nc3scc(-c4ccco4)c3c(=O)[nH]2)n[nH]c1=O. The molecule has 0 amide bonds. The smallest absolute Gasteiger partial charge is 0.343 e. The van der Waals surface area contributed by atoms with E-state index in [9.17, 15) is 9.59 Å². The first-order chi connectivity index (χ1) is 13.6. The van der Waals surface area contributed by atoms with Gasteiger partial charge in [0, 0.05) is 17.5 Å². The molecule has 8 nitrogen and oxygen atoms in total. The van der Waals surface area contributed by atoms with Gasteiger partial charge >= 0.3 is 5.69 Å². The third kappa shape index (κ3) is 3.45. The van der Waals surface area contributed by atoms with Crippen LogP contribution in [0.3, 0.4) is 0 Å². The molecule has 10 heteroatoms. The van der Waals surface area contributed by atoms with Gasteiger partial charge in [-0.3, -0.25) is 9.36 Å². The van der Waals surface area contributed by atoms with E-state index in [0.29, 0.717) is 33.5 Å². The number of aromatic nitrogens is 5. The number of hydrogen-bond donors (Lipinski definition) is 2. The van der Waals surface area contributed by atoms with Crippen molar-refractivity contribution in [3.05, 3.63) is 50.4 Å². The fourth-order valence-electron chi connectivity index (χ4n) is 2.89. The predicted molar refractivity (Wildman–Crippen MR) is 110 cm³/mol. The Morgan fingerprint density at radius 3 is 3.00 bits per heavy atom. The average Bonchev–Trinajstić information content (AvgIpc) is 3.40. The zero-order valence-electron chi connectivity index (χ0n) is 15.4. The Balaban J connectivity index is 1.65. The van der Waals surface area contributed by atoms with Crippen LogP contribution in [-0.4, -0.2) is 24.7 Å². The van der Waals surface area contributed by atoms with Gasteiger partial charge in [-0.25, -0.2) is 14.9 Å². The van der Waals surface area contributed by atoms with Crippen molar-refractivity contribution in [2.75, 3.05) is 0 Å². The van der Waals surface area contributed by atoms with Gasteiger partial charge < -0.3 is 9.40 Å². The van der Waals surface area contributed by atoms with Crippen LogP contribution in [0.4, 0.5) is 0 Å². The van der Waals surface area contributed by atoms with Gasteiger partial charge in [0.1, 0.15) is 16.4 Å². The van der Waals surface area contributed by atoms with E-state index in [1.165, 1.54) is 23.1 Å². The van der Waals surface area contributed by atoms with Crippen molar-refractivity contribution >= 4 is 33.3 Å². The number of nitrogens with one attached hydrogen (secondary N) is 2. The highest BCUT2D eigenvalue weighted by Crippen LogP contribution is 2.34. The number of H-pyrrole nitrogens is 2. The van der Waals surface area contributed by atoms with Crippen LogP contribution in [0.1, 0.15) is 37.8 Å². The molecule has 1 unspecified atom stereocenters. The first-order valence-electron chi connectivity index (χ1n) is 8.95. The first-order valence-corrected chi connectivity index (χ1v) is 10.7. The predicted octanol–water partition coefficient (Wildman–Crippen LogP) is 3.78. The molecule has 0 radical (unpaired) electrons. The largest absolute Gasteiger partial charge is 0.464 e. The molecule has 0 fully saturated rings. The Morgan fingerprint density at radius 2 is 2.25 bits per heavy atom. The lowest BCUT2D eigenvalue weighted by Gasteiger charge is -2.11. The van der Waals surface area contributed by atoms with Gasteiger partial charge in [0.05, 0.1) is 16.9 Å². The molecule has 0 bridgehead atoms. The molecular formula is C18H19N5O3S2. The van der Waals surface area contributed by atoms with Crippen molar-refractivity contribution in [1.82, 2.24) is 24.7 Å². The summed E-state index contributed by atoms with van der Waals surface area (Å²) >= 11 is 2.80. The third-order valence-electron chi connectivity index (χ3n) is 4.37. The Kier molecular flexibility index (Phi) is 5.23. The molecule has 146 valence electrons. The minimum Gasteiger partial charge on any atom is -0.464 e. The number of thioether (sulfide) groups is 1. The molecule has 0 aliphatic rings. The second-order valence-corrected chi connectivity index (χ2v) is 8.50. The summed E-state index contributed by atoms with van der Waals surface area (Å²) in [6.45, 7) is 4.61. The number of fused-ring (bicyclic) bond motifs is 1. The highest BCUT2D eigenvalue weighted by molar-refractivity contribution is 7.99. The maximum atomic E-state index is 12.7. The minimum atomic E-state index is -0.221. The van der Waals surface area contributed by atoms with E-state index in [0.717, 1.165) is 18.4 Å². The zero-order valence-corrected chi connectivity index (χ0v) is 17.0. The maximum absolute atomic E-state index is 12.7. The van der Waals surface area contributed by atoms with E-state index >= 15 is 0 Å². The fraction of sp³-hybridized carbons (Fsp3) is 0.333. The second kappa shape index (κ2) is 7.80. The molecule has 1 atom stereocenters. The third-order valence-corrected chi connectivity index (χ3v) is 6.35.